The Labute approximate surface area is 165 Å². The number of carbonyl (C=O) groups is 2. The minimum Gasteiger partial charge on any atom is -0.383 e. The van der Waals surface area contributed by atoms with E-state index in [1.807, 2.05) is 23.3 Å². The molecule has 0 bridgehead atoms. The third-order valence-corrected chi connectivity index (χ3v) is 6.53. The van der Waals surface area contributed by atoms with Crippen molar-refractivity contribution in [2.24, 2.45) is 5.41 Å². The summed E-state index contributed by atoms with van der Waals surface area (Å²) in [6.07, 6.45) is 8.38. The highest BCUT2D eigenvalue weighted by Crippen LogP contribution is 2.40. The van der Waals surface area contributed by atoms with Gasteiger partial charge in [-0.05, 0) is 60.8 Å². The number of amides is 2. The molecule has 1 spiro atoms. The number of carbonyl (C=O) groups excluding carboxylic acids is 2. The lowest BCUT2D eigenvalue weighted by Gasteiger charge is -2.47. The monoisotopic (exact) mass is 391 g/mol. The minimum absolute atomic E-state index is 0.0991. The molecule has 1 aromatic heterocycles. The van der Waals surface area contributed by atoms with Gasteiger partial charge in [-0.3, -0.25) is 14.6 Å². The average Bonchev–Trinajstić information content (AvgIpc) is 2.70. The lowest BCUT2D eigenvalue weighted by Crippen LogP contribution is -2.53. The fourth-order valence-corrected chi connectivity index (χ4v) is 4.59. The molecule has 1 N–H and O–H groups in total. The van der Waals surface area contributed by atoms with Crippen molar-refractivity contribution in [3.05, 3.63) is 30.1 Å². The van der Waals surface area contributed by atoms with E-state index in [9.17, 15) is 14.7 Å². The largest absolute Gasteiger partial charge is 0.383 e. The Hall–Kier alpha value is -1.60. The Kier molecular flexibility index (Phi) is 6.76. The van der Waals surface area contributed by atoms with Crippen molar-refractivity contribution in [1.29, 1.82) is 0 Å². The first-order valence-electron chi connectivity index (χ1n) is 9.65. The molecule has 1 aromatic rings. The number of likely N-dealkylation sites (tertiary alicyclic amines) is 2. The van der Waals surface area contributed by atoms with Crippen LogP contribution in [-0.2, 0) is 16.1 Å². The zero-order chi connectivity index (χ0) is 19.3. The van der Waals surface area contributed by atoms with Crippen molar-refractivity contribution in [1.82, 2.24) is 14.8 Å². The molecule has 0 aliphatic carbocycles. The number of pyridine rings is 1. The summed E-state index contributed by atoms with van der Waals surface area (Å²) in [6, 6.07) is 3.90. The third-order valence-electron chi connectivity index (χ3n) is 5.89. The molecule has 27 heavy (non-hydrogen) atoms. The standard InChI is InChI=1S/C20H29N3O3S/c1-27-13-5-17(24)19(26)22-11-7-20(8-12-22)6-2-18(25)23(15-20)14-16-3-9-21-10-4-16/h3-4,9-10,17,24H,2,5-8,11-15H2,1H3. The summed E-state index contributed by atoms with van der Waals surface area (Å²) >= 11 is 1.64. The van der Waals surface area contributed by atoms with E-state index in [2.05, 4.69) is 4.98 Å². The number of rotatable bonds is 6. The average molecular weight is 392 g/mol. The predicted molar refractivity (Wildman–Crippen MR) is 106 cm³/mol. The molecule has 1 atom stereocenters. The predicted octanol–water partition coefficient (Wildman–Crippen LogP) is 1.93. The van der Waals surface area contributed by atoms with Gasteiger partial charge in [0, 0.05) is 45.0 Å². The van der Waals surface area contributed by atoms with E-state index in [1.165, 1.54) is 0 Å². The van der Waals surface area contributed by atoms with Crippen LogP contribution in [0.2, 0.25) is 0 Å². The Morgan fingerprint density at radius 1 is 1.30 bits per heavy atom. The second-order valence-corrected chi connectivity index (χ2v) is 8.71. The van der Waals surface area contributed by atoms with E-state index in [1.54, 1.807) is 29.1 Å². The van der Waals surface area contributed by atoms with Crippen molar-refractivity contribution in [2.75, 3.05) is 31.6 Å². The van der Waals surface area contributed by atoms with Gasteiger partial charge in [-0.1, -0.05) is 0 Å². The minimum atomic E-state index is -0.886. The first-order chi connectivity index (χ1) is 13.0. The van der Waals surface area contributed by atoms with Gasteiger partial charge in [-0.15, -0.1) is 0 Å². The second kappa shape index (κ2) is 9.06. The fraction of sp³-hybridized carbons (Fsp3) is 0.650. The lowest BCUT2D eigenvalue weighted by molar-refractivity contribution is -0.147. The molecule has 1 unspecified atom stereocenters. The van der Waals surface area contributed by atoms with Gasteiger partial charge < -0.3 is 14.9 Å². The molecule has 7 heteroatoms. The van der Waals surface area contributed by atoms with Gasteiger partial charge >= 0.3 is 0 Å². The van der Waals surface area contributed by atoms with Crippen molar-refractivity contribution < 1.29 is 14.7 Å². The quantitative estimate of drug-likeness (QED) is 0.802. The molecule has 3 rings (SSSR count). The maximum Gasteiger partial charge on any atom is 0.251 e. The summed E-state index contributed by atoms with van der Waals surface area (Å²) < 4.78 is 0. The number of hydrogen-bond acceptors (Lipinski definition) is 5. The highest BCUT2D eigenvalue weighted by Gasteiger charge is 2.42. The van der Waals surface area contributed by atoms with Crippen LogP contribution in [0, 0.1) is 5.41 Å². The molecule has 0 radical (unpaired) electrons. The van der Waals surface area contributed by atoms with Crippen LogP contribution in [-0.4, -0.2) is 69.5 Å². The summed E-state index contributed by atoms with van der Waals surface area (Å²) in [6.45, 7) is 2.73. The number of hydrogen-bond donors (Lipinski definition) is 1. The number of piperidine rings is 2. The highest BCUT2D eigenvalue weighted by molar-refractivity contribution is 7.98. The van der Waals surface area contributed by atoms with E-state index < -0.39 is 6.10 Å². The van der Waals surface area contributed by atoms with Gasteiger partial charge in [-0.2, -0.15) is 11.8 Å². The van der Waals surface area contributed by atoms with Crippen molar-refractivity contribution >= 4 is 23.6 Å². The van der Waals surface area contributed by atoms with Gasteiger partial charge in [0.15, 0.2) is 0 Å². The SMILES string of the molecule is CSCCC(O)C(=O)N1CCC2(CCC(=O)N(Cc3ccncc3)C2)CC1. The molecule has 6 nitrogen and oxygen atoms in total. The molecular formula is C20H29N3O3S. The number of aliphatic hydroxyl groups is 1. The molecule has 2 aliphatic heterocycles. The third kappa shape index (κ3) is 5.02. The normalized spacial score (nSPS) is 20.7. The summed E-state index contributed by atoms with van der Waals surface area (Å²) in [5, 5.41) is 10.1. The van der Waals surface area contributed by atoms with E-state index in [0.29, 0.717) is 32.5 Å². The maximum atomic E-state index is 12.4. The lowest BCUT2D eigenvalue weighted by atomic mass is 9.72. The van der Waals surface area contributed by atoms with Crippen LogP contribution in [0.15, 0.2) is 24.5 Å². The molecular weight excluding hydrogens is 362 g/mol. The number of nitrogens with zero attached hydrogens (tertiary/aromatic N) is 3. The smallest absolute Gasteiger partial charge is 0.251 e. The van der Waals surface area contributed by atoms with Gasteiger partial charge in [0.05, 0.1) is 0 Å². The van der Waals surface area contributed by atoms with E-state index in [-0.39, 0.29) is 17.2 Å². The van der Waals surface area contributed by atoms with E-state index >= 15 is 0 Å². The van der Waals surface area contributed by atoms with Crippen molar-refractivity contribution in [3.63, 3.8) is 0 Å². The molecule has 2 fully saturated rings. The zero-order valence-electron chi connectivity index (χ0n) is 16.0. The Balaban J connectivity index is 1.56. The fourth-order valence-electron chi connectivity index (χ4n) is 4.13. The van der Waals surface area contributed by atoms with Gasteiger partial charge in [0.2, 0.25) is 5.91 Å². The van der Waals surface area contributed by atoms with Crippen LogP contribution in [0.25, 0.3) is 0 Å². The van der Waals surface area contributed by atoms with Crippen LogP contribution in [0.1, 0.15) is 37.7 Å². The van der Waals surface area contributed by atoms with Gasteiger partial charge in [0.25, 0.3) is 5.91 Å². The number of aromatic nitrogens is 1. The summed E-state index contributed by atoms with van der Waals surface area (Å²) in [4.78, 5) is 32.6. The number of thioether (sulfide) groups is 1. The van der Waals surface area contributed by atoms with Crippen molar-refractivity contribution in [2.45, 2.75) is 44.8 Å². The molecule has 2 saturated heterocycles. The molecule has 0 saturated carbocycles. The van der Waals surface area contributed by atoms with Gasteiger partial charge in [-0.25, -0.2) is 0 Å². The first-order valence-corrected chi connectivity index (χ1v) is 11.0. The van der Waals surface area contributed by atoms with Crippen LogP contribution >= 0.6 is 11.8 Å². The Morgan fingerprint density at radius 3 is 2.67 bits per heavy atom. The van der Waals surface area contributed by atoms with Crippen LogP contribution in [0.5, 0.6) is 0 Å². The van der Waals surface area contributed by atoms with Gasteiger partial charge in [0.1, 0.15) is 6.10 Å². The van der Waals surface area contributed by atoms with Crippen molar-refractivity contribution in [3.8, 4) is 0 Å². The molecule has 0 aromatic carbocycles. The Bertz CT molecular complexity index is 647. The van der Waals surface area contributed by atoms with Crippen LogP contribution in [0.3, 0.4) is 0 Å². The van der Waals surface area contributed by atoms with E-state index in [0.717, 1.165) is 37.1 Å². The van der Waals surface area contributed by atoms with E-state index in [4.69, 9.17) is 0 Å². The molecule has 2 amide bonds. The van der Waals surface area contributed by atoms with Crippen LogP contribution < -0.4 is 0 Å². The summed E-state index contributed by atoms with van der Waals surface area (Å²) in [5.74, 6) is 0.861. The topological polar surface area (TPSA) is 73.7 Å². The maximum absolute atomic E-state index is 12.4. The Morgan fingerprint density at radius 2 is 2.00 bits per heavy atom. The zero-order valence-corrected chi connectivity index (χ0v) is 16.8. The van der Waals surface area contributed by atoms with Crippen LogP contribution in [0.4, 0.5) is 0 Å². The molecule has 148 valence electrons. The molecule has 2 aliphatic rings. The summed E-state index contributed by atoms with van der Waals surface area (Å²) in [7, 11) is 0. The first kappa shape index (κ1) is 20.1. The highest BCUT2D eigenvalue weighted by atomic mass is 32.2. The second-order valence-electron chi connectivity index (χ2n) is 7.73. The number of aliphatic hydroxyl groups excluding tert-OH is 1. The summed E-state index contributed by atoms with van der Waals surface area (Å²) in [5.41, 5.74) is 1.20. The molecule has 3 heterocycles.